The third-order valence-corrected chi connectivity index (χ3v) is 4.74. The molecule has 0 radical (unpaired) electrons. The lowest BCUT2D eigenvalue weighted by Gasteiger charge is -2.25. The van der Waals surface area contributed by atoms with Crippen molar-refractivity contribution in [2.75, 3.05) is 45.9 Å². The molecule has 1 unspecified atom stereocenters. The van der Waals surface area contributed by atoms with Crippen LogP contribution in [0.2, 0.25) is 0 Å². The number of nitrogens with one attached hydrogen (secondary N) is 1. The van der Waals surface area contributed by atoms with Crippen LogP contribution in [0.25, 0.3) is 0 Å². The van der Waals surface area contributed by atoms with Crippen LogP contribution >= 0.6 is 0 Å². The minimum Gasteiger partial charge on any atom is -0.377 e. The molecule has 0 spiro atoms. The Morgan fingerprint density at radius 1 is 1.10 bits per heavy atom. The van der Waals surface area contributed by atoms with E-state index in [9.17, 15) is 4.79 Å². The predicted molar refractivity (Wildman–Crippen MR) is 77.6 cm³/mol. The molecular formula is C15H27N3O2. The smallest absolute Gasteiger partial charge is 0.239 e. The summed E-state index contributed by atoms with van der Waals surface area (Å²) in [7, 11) is 0. The molecule has 3 aliphatic heterocycles. The average molecular weight is 281 g/mol. The van der Waals surface area contributed by atoms with Crippen LogP contribution in [0.3, 0.4) is 0 Å². The number of carbonyl (C=O) groups is 1. The molecule has 114 valence electrons. The first kappa shape index (κ1) is 14.3. The first-order valence-electron chi connectivity index (χ1n) is 8.19. The van der Waals surface area contributed by atoms with Crippen LogP contribution < -0.4 is 5.32 Å². The highest BCUT2D eigenvalue weighted by Gasteiger charge is 2.28. The maximum Gasteiger partial charge on any atom is 0.239 e. The molecule has 1 N–H and O–H groups in total. The van der Waals surface area contributed by atoms with Crippen molar-refractivity contribution in [3.05, 3.63) is 0 Å². The van der Waals surface area contributed by atoms with Gasteiger partial charge in [-0.2, -0.15) is 0 Å². The van der Waals surface area contributed by atoms with Gasteiger partial charge in [0.1, 0.15) is 0 Å². The molecular weight excluding hydrogens is 254 g/mol. The van der Waals surface area contributed by atoms with Crippen LogP contribution in [0.15, 0.2) is 0 Å². The van der Waals surface area contributed by atoms with Gasteiger partial charge in [0.05, 0.1) is 12.1 Å². The zero-order valence-electron chi connectivity index (χ0n) is 12.4. The summed E-state index contributed by atoms with van der Waals surface area (Å²) in [5.41, 5.74) is 0. The Morgan fingerprint density at radius 3 is 2.80 bits per heavy atom. The SMILES string of the molecule is O=C([C@@H]1CCCN1)N1CCCN(CC2CCCO2)CC1. The highest BCUT2D eigenvalue weighted by molar-refractivity contribution is 5.82. The van der Waals surface area contributed by atoms with Crippen molar-refractivity contribution < 1.29 is 9.53 Å². The summed E-state index contributed by atoms with van der Waals surface area (Å²) in [6.45, 7) is 6.86. The largest absolute Gasteiger partial charge is 0.377 e. The predicted octanol–water partition coefficient (Wildman–Crippen LogP) is 0.452. The standard InChI is InChI=1S/C15H27N3O2/c19-15(14-5-1-6-16-14)18-8-3-7-17(9-10-18)12-13-4-2-11-20-13/h13-14,16H,1-12H2/t13?,14-/m0/s1. The van der Waals surface area contributed by atoms with Gasteiger partial charge in [0, 0.05) is 32.8 Å². The van der Waals surface area contributed by atoms with Crippen LogP contribution in [0.1, 0.15) is 32.1 Å². The maximum absolute atomic E-state index is 12.4. The quantitative estimate of drug-likeness (QED) is 0.816. The monoisotopic (exact) mass is 281 g/mol. The molecule has 1 amide bonds. The molecule has 3 heterocycles. The van der Waals surface area contributed by atoms with E-state index < -0.39 is 0 Å². The van der Waals surface area contributed by atoms with Crippen LogP contribution in [-0.2, 0) is 9.53 Å². The molecule has 0 aromatic carbocycles. The molecule has 0 bridgehead atoms. The number of amides is 1. The van der Waals surface area contributed by atoms with Crippen molar-refractivity contribution in [3.8, 4) is 0 Å². The minimum absolute atomic E-state index is 0.0831. The van der Waals surface area contributed by atoms with Crippen molar-refractivity contribution in [1.82, 2.24) is 15.1 Å². The molecule has 5 heteroatoms. The molecule has 3 fully saturated rings. The molecule has 0 aromatic rings. The lowest BCUT2D eigenvalue weighted by Crippen LogP contribution is -2.45. The van der Waals surface area contributed by atoms with Gasteiger partial charge in [-0.3, -0.25) is 9.69 Å². The second-order valence-corrected chi connectivity index (χ2v) is 6.26. The zero-order chi connectivity index (χ0) is 13.8. The van der Waals surface area contributed by atoms with E-state index in [-0.39, 0.29) is 6.04 Å². The molecule has 20 heavy (non-hydrogen) atoms. The zero-order valence-corrected chi connectivity index (χ0v) is 12.4. The van der Waals surface area contributed by atoms with Crippen LogP contribution in [0.4, 0.5) is 0 Å². The van der Waals surface area contributed by atoms with Gasteiger partial charge in [0.2, 0.25) is 5.91 Å². The topological polar surface area (TPSA) is 44.8 Å². The van der Waals surface area contributed by atoms with Crippen molar-refractivity contribution in [2.24, 2.45) is 0 Å². The summed E-state index contributed by atoms with van der Waals surface area (Å²) >= 11 is 0. The summed E-state index contributed by atoms with van der Waals surface area (Å²) in [5.74, 6) is 0.321. The van der Waals surface area contributed by atoms with E-state index in [0.717, 1.165) is 65.1 Å². The van der Waals surface area contributed by atoms with Gasteiger partial charge in [0.15, 0.2) is 0 Å². The lowest BCUT2D eigenvalue weighted by molar-refractivity contribution is -0.132. The maximum atomic E-state index is 12.4. The highest BCUT2D eigenvalue weighted by Crippen LogP contribution is 2.15. The van der Waals surface area contributed by atoms with Crippen LogP contribution in [0, 0.1) is 0 Å². The molecule has 2 atom stereocenters. The number of ether oxygens (including phenoxy) is 1. The Kier molecular flexibility index (Phi) is 4.91. The van der Waals surface area contributed by atoms with E-state index in [1.54, 1.807) is 0 Å². The fraction of sp³-hybridized carbons (Fsp3) is 0.933. The van der Waals surface area contributed by atoms with Crippen molar-refractivity contribution in [1.29, 1.82) is 0 Å². The second-order valence-electron chi connectivity index (χ2n) is 6.26. The number of nitrogens with zero attached hydrogens (tertiary/aromatic N) is 2. The summed E-state index contributed by atoms with van der Waals surface area (Å²) in [6, 6.07) is 0.0831. The summed E-state index contributed by atoms with van der Waals surface area (Å²) in [5, 5.41) is 3.32. The van der Waals surface area contributed by atoms with Gasteiger partial charge in [-0.25, -0.2) is 0 Å². The Bertz CT molecular complexity index is 325. The molecule has 0 aromatic heterocycles. The van der Waals surface area contributed by atoms with Gasteiger partial charge in [-0.05, 0) is 45.2 Å². The second kappa shape index (κ2) is 6.87. The molecule has 0 saturated carbocycles. The van der Waals surface area contributed by atoms with Gasteiger partial charge in [-0.1, -0.05) is 0 Å². The first-order valence-corrected chi connectivity index (χ1v) is 8.19. The van der Waals surface area contributed by atoms with Crippen molar-refractivity contribution in [3.63, 3.8) is 0 Å². The Balaban J connectivity index is 1.47. The van der Waals surface area contributed by atoms with Crippen molar-refractivity contribution in [2.45, 2.75) is 44.2 Å². The fourth-order valence-electron chi connectivity index (χ4n) is 3.57. The third kappa shape index (κ3) is 3.51. The summed E-state index contributed by atoms with van der Waals surface area (Å²) in [6.07, 6.45) is 6.06. The molecule has 0 aliphatic carbocycles. The number of hydrogen-bond acceptors (Lipinski definition) is 4. The normalized spacial score (nSPS) is 32.5. The van der Waals surface area contributed by atoms with Crippen LogP contribution in [0.5, 0.6) is 0 Å². The van der Waals surface area contributed by atoms with E-state index in [1.807, 2.05) is 0 Å². The number of hydrogen-bond donors (Lipinski definition) is 1. The number of rotatable bonds is 3. The van der Waals surface area contributed by atoms with Gasteiger partial charge < -0.3 is 15.0 Å². The van der Waals surface area contributed by atoms with E-state index in [2.05, 4.69) is 15.1 Å². The third-order valence-electron chi connectivity index (χ3n) is 4.74. The molecule has 3 saturated heterocycles. The Morgan fingerprint density at radius 2 is 2.05 bits per heavy atom. The fourth-order valence-corrected chi connectivity index (χ4v) is 3.57. The molecule has 5 nitrogen and oxygen atoms in total. The van der Waals surface area contributed by atoms with Gasteiger partial charge in [0.25, 0.3) is 0 Å². The van der Waals surface area contributed by atoms with Crippen LogP contribution in [-0.4, -0.2) is 73.7 Å². The van der Waals surface area contributed by atoms with E-state index in [4.69, 9.17) is 4.74 Å². The van der Waals surface area contributed by atoms with E-state index in [0.29, 0.717) is 12.0 Å². The van der Waals surface area contributed by atoms with Gasteiger partial charge in [-0.15, -0.1) is 0 Å². The molecule has 3 aliphatic rings. The highest BCUT2D eigenvalue weighted by atomic mass is 16.5. The lowest BCUT2D eigenvalue weighted by atomic mass is 10.2. The van der Waals surface area contributed by atoms with Crippen molar-refractivity contribution >= 4 is 5.91 Å². The van der Waals surface area contributed by atoms with E-state index in [1.165, 1.54) is 12.8 Å². The minimum atomic E-state index is 0.0831. The van der Waals surface area contributed by atoms with E-state index >= 15 is 0 Å². The Hall–Kier alpha value is -0.650. The van der Waals surface area contributed by atoms with Gasteiger partial charge >= 0.3 is 0 Å². The summed E-state index contributed by atoms with van der Waals surface area (Å²) in [4.78, 5) is 17.0. The molecule has 3 rings (SSSR count). The number of carbonyl (C=O) groups excluding carboxylic acids is 1. The first-order chi connectivity index (χ1) is 9.83. The summed E-state index contributed by atoms with van der Waals surface area (Å²) < 4.78 is 5.72. The Labute approximate surface area is 121 Å². The average Bonchev–Trinajstić information content (AvgIpc) is 3.10.